The Kier molecular flexibility index (Phi) is 2.28. The van der Waals surface area contributed by atoms with E-state index in [2.05, 4.69) is 10.3 Å². The lowest BCUT2D eigenvalue weighted by Gasteiger charge is -2.05. The highest BCUT2D eigenvalue weighted by Gasteiger charge is 2.29. The molecule has 0 amide bonds. The van der Waals surface area contributed by atoms with E-state index in [4.69, 9.17) is 5.73 Å². The molecule has 1 aromatic rings. The Morgan fingerprint density at radius 1 is 1.64 bits per heavy atom. The first-order valence-corrected chi connectivity index (χ1v) is 6.24. The number of nitrogens with two attached hydrogens (primary N) is 1. The van der Waals surface area contributed by atoms with E-state index in [0.717, 1.165) is 0 Å². The van der Waals surface area contributed by atoms with Crippen LogP contribution in [0.3, 0.4) is 0 Å². The van der Waals surface area contributed by atoms with E-state index in [1.807, 2.05) is 0 Å². The van der Waals surface area contributed by atoms with Crippen molar-refractivity contribution in [1.29, 1.82) is 0 Å². The fourth-order valence-corrected chi connectivity index (χ4v) is 3.27. The van der Waals surface area contributed by atoms with Crippen molar-refractivity contribution < 1.29 is 8.42 Å². The molecule has 2 N–H and O–H groups in total. The van der Waals surface area contributed by atoms with Crippen molar-refractivity contribution in [3.8, 4) is 0 Å². The summed E-state index contributed by atoms with van der Waals surface area (Å²) in [7, 11) is -2.86. The molecule has 78 valence electrons. The highest BCUT2D eigenvalue weighted by molar-refractivity contribution is 7.91. The normalized spacial score (nSPS) is 25.4. The molecule has 1 saturated heterocycles. The molecule has 1 atom stereocenters. The van der Waals surface area contributed by atoms with Gasteiger partial charge in [0.2, 0.25) is 0 Å². The molecule has 0 radical (unpaired) electrons. The lowest BCUT2D eigenvalue weighted by Crippen LogP contribution is -2.11. The maximum absolute atomic E-state index is 11.2. The Balaban J connectivity index is 2.17. The number of aromatic nitrogens is 3. The Morgan fingerprint density at radius 3 is 2.93 bits per heavy atom. The summed E-state index contributed by atoms with van der Waals surface area (Å²) in [6.45, 7) is 0.333. The summed E-state index contributed by atoms with van der Waals surface area (Å²) in [5.41, 5.74) is 6.07. The van der Waals surface area contributed by atoms with Crippen molar-refractivity contribution in [2.75, 3.05) is 11.5 Å². The number of hydrogen-bond acceptors (Lipinski definition) is 5. The number of nitrogens with zero attached hydrogens (tertiary/aromatic N) is 3. The third-order valence-electron chi connectivity index (χ3n) is 2.35. The highest BCUT2D eigenvalue weighted by atomic mass is 32.2. The maximum atomic E-state index is 11.2. The van der Waals surface area contributed by atoms with Gasteiger partial charge in [0.25, 0.3) is 0 Å². The van der Waals surface area contributed by atoms with Gasteiger partial charge in [0.15, 0.2) is 9.84 Å². The van der Waals surface area contributed by atoms with Crippen LogP contribution in [0.1, 0.15) is 18.2 Å². The van der Waals surface area contributed by atoms with Crippen molar-refractivity contribution in [1.82, 2.24) is 15.0 Å². The van der Waals surface area contributed by atoms with E-state index in [9.17, 15) is 8.42 Å². The number of hydrogen-bond donors (Lipinski definition) is 1. The zero-order valence-electron chi connectivity index (χ0n) is 7.63. The minimum atomic E-state index is -2.86. The molecule has 0 spiro atoms. The molecule has 7 heteroatoms. The molecular weight excluding hydrogens is 204 g/mol. The predicted octanol–water partition coefficient (Wildman–Crippen LogP) is -0.904. The maximum Gasteiger partial charge on any atom is 0.152 e. The van der Waals surface area contributed by atoms with Crippen LogP contribution in [-0.2, 0) is 16.4 Å². The highest BCUT2D eigenvalue weighted by Crippen LogP contribution is 2.22. The smallest absolute Gasteiger partial charge is 0.152 e. The molecule has 2 heterocycles. The fraction of sp³-hybridized carbons (Fsp3) is 0.714. The second-order valence-electron chi connectivity index (χ2n) is 3.45. The Hall–Kier alpha value is -0.950. The molecule has 0 aromatic carbocycles. The van der Waals surface area contributed by atoms with Crippen LogP contribution in [0.5, 0.6) is 0 Å². The van der Waals surface area contributed by atoms with Gasteiger partial charge >= 0.3 is 0 Å². The summed E-state index contributed by atoms with van der Waals surface area (Å²) in [5.74, 6) is 0.413. The van der Waals surface area contributed by atoms with E-state index < -0.39 is 9.84 Å². The van der Waals surface area contributed by atoms with Crippen molar-refractivity contribution in [2.24, 2.45) is 5.73 Å². The van der Waals surface area contributed by atoms with Crippen LogP contribution in [0, 0.1) is 0 Å². The van der Waals surface area contributed by atoms with Gasteiger partial charge in [0.1, 0.15) is 0 Å². The van der Waals surface area contributed by atoms with Gasteiger partial charge in [-0.3, -0.25) is 0 Å². The monoisotopic (exact) mass is 216 g/mol. The minimum absolute atomic E-state index is 0.0622. The third-order valence-corrected chi connectivity index (χ3v) is 4.10. The average Bonchev–Trinajstić information content (AvgIpc) is 2.70. The molecule has 0 saturated carbocycles. The van der Waals surface area contributed by atoms with Crippen LogP contribution in [0.2, 0.25) is 0 Å². The first-order valence-electron chi connectivity index (χ1n) is 4.42. The van der Waals surface area contributed by atoms with Gasteiger partial charge in [-0.25, -0.2) is 13.1 Å². The molecule has 1 aliphatic heterocycles. The van der Waals surface area contributed by atoms with Crippen LogP contribution in [0.4, 0.5) is 0 Å². The van der Waals surface area contributed by atoms with E-state index in [1.54, 1.807) is 10.9 Å². The molecule has 0 bridgehead atoms. The van der Waals surface area contributed by atoms with Crippen LogP contribution >= 0.6 is 0 Å². The van der Waals surface area contributed by atoms with Gasteiger partial charge in [-0.2, -0.15) is 0 Å². The summed E-state index contributed by atoms with van der Waals surface area (Å²) in [4.78, 5) is 0. The minimum Gasteiger partial charge on any atom is -0.325 e. The third kappa shape index (κ3) is 1.78. The van der Waals surface area contributed by atoms with Crippen molar-refractivity contribution in [2.45, 2.75) is 19.0 Å². The second-order valence-corrected chi connectivity index (χ2v) is 5.68. The van der Waals surface area contributed by atoms with Crippen LogP contribution < -0.4 is 5.73 Å². The lowest BCUT2D eigenvalue weighted by atomic mass is 10.3. The Morgan fingerprint density at radius 2 is 2.43 bits per heavy atom. The van der Waals surface area contributed by atoms with Gasteiger partial charge in [0, 0.05) is 6.54 Å². The van der Waals surface area contributed by atoms with E-state index in [0.29, 0.717) is 18.7 Å². The second kappa shape index (κ2) is 3.32. The SMILES string of the molecule is NCc1cn(C2CCS(=O)(=O)C2)nn1. The van der Waals surface area contributed by atoms with Gasteiger partial charge in [-0.1, -0.05) is 5.21 Å². The van der Waals surface area contributed by atoms with Crippen LogP contribution in [-0.4, -0.2) is 34.9 Å². The van der Waals surface area contributed by atoms with E-state index in [1.165, 1.54) is 0 Å². The molecular formula is C7H12N4O2S. The Bertz CT molecular complexity index is 425. The van der Waals surface area contributed by atoms with Crippen molar-refractivity contribution in [3.05, 3.63) is 11.9 Å². The number of rotatable bonds is 2. The van der Waals surface area contributed by atoms with Crippen molar-refractivity contribution in [3.63, 3.8) is 0 Å². The van der Waals surface area contributed by atoms with Crippen LogP contribution in [0.25, 0.3) is 0 Å². The van der Waals surface area contributed by atoms with Crippen molar-refractivity contribution >= 4 is 9.84 Å². The summed E-state index contributed by atoms with van der Waals surface area (Å²) in [6.07, 6.45) is 2.33. The standard InChI is InChI=1S/C7H12N4O2S/c8-3-6-4-11(10-9-6)7-1-2-14(12,13)5-7/h4,7H,1-3,5,8H2. The topological polar surface area (TPSA) is 90.9 Å². The summed E-state index contributed by atoms with van der Waals surface area (Å²) in [6, 6.07) is -0.0622. The summed E-state index contributed by atoms with van der Waals surface area (Å²) < 4.78 is 24.0. The average molecular weight is 216 g/mol. The summed E-state index contributed by atoms with van der Waals surface area (Å²) >= 11 is 0. The molecule has 1 fully saturated rings. The zero-order chi connectivity index (χ0) is 10.2. The molecule has 1 aliphatic rings. The van der Waals surface area contributed by atoms with Gasteiger partial charge in [-0.15, -0.1) is 5.10 Å². The molecule has 14 heavy (non-hydrogen) atoms. The Labute approximate surface area is 82.0 Å². The zero-order valence-corrected chi connectivity index (χ0v) is 8.44. The first kappa shape index (κ1) is 9.60. The van der Waals surface area contributed by atoms with Gasteiger partial charge in [0.05, 0.1) is 29.4 Å². The molecule has 1 unspecified atom stereocenters. The molecule has 1 aromatic heterocycles. The quantitative estimate of drug-likeness (QED) is 0.691. The fourth-order valence-electron chi connectivity index (χ4n) is 1.57. The van der Waals surface area contributed by atoms with E-state index >= 15 is 0 Å². The largest absolute Gasteiger partial charge is 0.325 e. The van der Waals surface area contributed by atoms with E-state index in [-0.39, 0.29) is 17.5 Å². The first-order chi connectivity index (χ1) is 6.61. The van der Waals surface area contributed by atoms with Gasteiger partial charge in [-0.05, 0) is 6.42 Å². The molecule has 2 rings (SSSR count). The lowest BCUT2D eigenvalue weighted by molar-refractivity contribution is 0.484. The molecule has 6 nitrogen and oxygen atoms in total. The predicted molar refractivity (Wildman–Crippen MR) is 50.2 cm³/mol. The van der Waals surface area contributed by atoms with Crippen LogP contribution in [0.15, 0.2) is 6.20 Å². The van der Waals surface area contributed by atoms with Gasteiger partial charge < -0.3 is 5.73 Å². The number of sulfone groups is 1. The molecule has 0 aliphatic carbocycles. The summed E-state index contributed by atoms with van der Waals surface area (Å²) in [5, 5.41) is 7.68.